The van der Waals surface area contributed by atoms with Gasteiger partial charge in [-0.1, -0.05) is 12.1 Å². The van der Waals surface area contributed by atoms with Gasteiger partial charge >= 0.3 is 0 Å². The van der Waals surface area contributed by atoms with Crippen LogP contribution in [0.2, 0.25) is 0 Å². The maximum atomic E-state index is 6.28. The second-order valence-corrected chi connectivity index (χ2v) is 9.33. The van der Waals surface area contributed by atoms with Gasteiger partial charge in [0, 0.05) is 43.5 Å². The predicted molar refractivity (Wildman–Crippen MR) is 125 cm³/mol. The highest BCUT2D eigenvalue weighted by molar-refractivity contribution is 5.62. The Bertz CT molecular complexity index is 874. The zero-order chi connectivity index (χ0) is 21.0. The Balaban J connectivity index is 1.24. The standard InChI is InChI=1S/C25H35N5O/c1-28-15-9-22(10-16-28)31-23-7-4-6-20(18-23)24-26-19-21-8-17-30(25(21)27-24)14-5-13-29-11-2-3-12-29/h4,6-7,18-19,22H,2-3,5,8-17H2,1H3. The second-order valence-electron chi connectivity index (χ2n) is 9.33. The number of aromatic nitrogens is 2. The molecule has 0 amide bonds. The third-order valence-electron chi connectivity index (χ3n) is 6.95. The van der Waals surface area contributed by atoms with Crippen LogP contribution >= 0.6 is 0 Å². The largest absolute Gasteiger partial charge is 0.490 e. The minimum atomic E-state index is 0.304. The smallest absolute Gasteiger partial charge is 0.161 e. The van der Waals surface area contributed by atoms with Crippen LogP contribution in [-0.2, 0) is 6.42 Å². The molecular weight excluding hydrogens is 386 g/mol. The molecule has 4 heterocycles. The lowest BCUT2D eigenvalue weighted by Crippen LogP contribution is -2.35. The average Bonchev–Trinajstić information content (AvgIpc) is 3.46. The summed E-state index contributed by atoms with van der Waals surface area (Å²) in [6.45, 7) is 8.11. The van der Waals surface area contributed by atoms with Crippen molar-refractivity contribution in [3.8, 4) is 17.1 Å². The number of benzene rings is 1. The molecule has 6 heteroatoms. The van der Waals surface area contributed by atoms with Gasteiger partial charge in [-0.3, -0.25) is 0 Å². The van der Waals surface area contributed by atoms with E-state index in [4.69, 9.17) is 9.72 Å². The van der Waals surface area contributed by atoms with Crippen molar-refractivity contribution >= 4 is 5.82 Å². The SMILES string of the molecule is CN1CCC(Oc2cccc(-c3ncc4c(n3)N(CCCN3CCCC3)CC4)c2)CC1. The average molecular weight is 422 g/mol. The molecule has 0 N–H and O–H groups in total. The van der Waals surface area contributed by atoms with E-state index in [2.05, 4.69) is 51.0 Å². The van der Waals surface area contributed by atoms with Crippen molar-refractivity contribution in [3.05, 3.63) is 36.0 Å². The monoisotopic (exact) mass is 421 g/mol. The lowest BCUT2D eigenvalue weighted by atomic mass is 10.1. The molecule has 0 saturated carbocycles. The van der Waals surface area contributed by atoms with Crippen molar-refractivity contribution in [2.24, 2.45) is 0 Å². The van der Waals surface area contributed by atoms with E-state index < -0.39 is 0 Å². The zero-order valence-electron chi connectivity index (χ0n) is 18.8. The Kier molecular flexibility index (Phi) is 6.37. The molecule has 2 aromatic rings. The van der Waals surface area contributed by atoms with Crippen molar-refractivity contribution < 1.29 is 4.74 Å². The van der Waals surface area contributed by atoms with Crippen molar-refractivity contribution in [2.75, 3.05) is 57.8 Å². The normalized spacial score (nSPS) is 20.4. The summed E-state index contributed by atoms with van der Waals surface area (Å²) >= 11 is 0. The molecule has 5 rings (SSSR count). The van der Waals surface area contributed by atoms with Crippen LogP contribution in [0.4, 0.5) is 5.82 Å². The van der Waals surface area contributed by atoms with E-state index in [9.17, 15) is 0 Å². The number of likely N-dealkylation sites (tertiary alicyclic amines) is 2. The quantitative estimate of drug-likeness (QED) is 0.682. The third kappa shape index (κ3) is 5.01. The highest BCUT2D eigenvalue weighted by atomic mass is 16.5. The molecule has 1 aromatic carbocycles. The Labute approximate surface area is 186 Å². The van der Waals surface area contributed by atoms with Gasteiger partial charge in [0.2, 0.25) is 0 Å². The number of ether oxygens (including phenoxy) is 1. The number of fused-ring (bicyclic) bond motifs is 1. The van der Waals surface area contributed by atoms with Crippen molar-refractivity contribution in [3.63, 3.8) is 0 Å². The van der Waals surface area contributed by atoms with Crippen molar-refractivity contribution in [1.29, 1.82) is 0 Å². The fourth-order valence-corrected chi connectivity index (χ4v) is 5.06. The number of hydrogen-bond donors (Lipinski definition) is 0. The first-order valence-electron chi connectivity index (χ1n) is 12.0. The summed E-state index contributed by atoms with van der Waals surface area (Å²) in [5.74, 6) is 2.87. The van der Waals surface area contributed by atoms with Crippen molar-refractivity contribution in [2.45, 2.75) is 44.6 Å². The van der Waals surface area contributed by atoms with Crippen LogP contribution in [0, 0.1) is 0 Å². The highest BCUT2D eigenvalue weighted by Crippen LogP contribution is 2.29. The van der Waals surface area contributed by atoms with Gasteiger partial charge in [0.1, 0.15) is 17.7 Å². The number of nitrogens with zero attached hydrogens (tertiary/aromatic N) is 5. The summed E-state index contributed by atoms with van der Waals surface area (Å²) in [6.07, 6.45) is 9.50. The molecule has 3 aliphatic rings. The molecule has 0 unspecified atom stereocenters. The first-order valence-corrected chi connectivity index (χ1v) is 12.0. The van der Waals surface area contributed by atoms with Gasteiger partial charge in [-0.2, -0.15) is 0 Å². The van der Waals surface area contributed by atoms with E-state index in [1.165, 1.54) is 44.5 Å². The lowest BCUT2D eigenvalue weighted by molar-refractivity contribution is 0.114. The molecular formula is C25H35N5O. The maximum absolute atomic E-state index is 6.28. The Morgan fingerprint density at radius 3 is 2.71 bits per heavy atom. The molecule has 2 fully saturated rings. The summed E-state index contributed by atoms with van der Waals surface area (Å²) in [4.78, 5) is 17.1. The molecule has 0 spiro atoms. The lowest BCUT2D eigenvalue weighted by Gasteiger charge is -2.29. The molecule has 166 valence electrons. The molecule has 0 atom stereocenters. The van der Waals surface area contributed by atoms with E-state index in [0.717, 1.165) is 68.4 Å². The topological polar surface area (TPSA) is 44.7 Å². The fourth-order valence-electron chi connectivity index (χ4n) is 5.06. The summed E-state index contributed by atoms with van der Waals surface area (Å²) in [7, 11) is 2.18. The molecule has 0 bridgehead atoms. The van der Waals surface area contributed by atoms with Gasteiger partial charge in [0.15, 0.2) is 5.82 Å². The van der Waals surface area contributed by atoms with E-state index in [1.54, 1.807) is 0 Å². The summed E-state index contributed by atoms with van der Waals surface area (Å²) < 4.78 is 6.28. The second kappa shape index (κ2) is 9.53. The molecule has 6 nitrogen and oxygen atoms in total. The van der Waals surface area contributed by atoms with Crippen LogP contribution in [-0.4, -0.2) is 78.7 Å². The maximum Gasteiger partial charge on any atom is 0.161 e. The van der Waals surface area contributed by atoms with E-state index in [1.807, 2.05) is 6.20 Å². The number of hydrogen-bond acceptors (Lipinski definition) is 6. The van der Waals surface area contributed by atoms with Crippen LogP contribution in [0.5, 0.6) is 5.75 Å². The van der Waals surface area contributed by atoms with Crippen molar-refractivity contribution in [1.82, 2.24) is 19.8 Å². The molecule has 0 aliphatic carbocycles. The number of anilines is 1. The summed E-state index contributed by atoms with van der Waals surface area (Å²) in [6, 6.07) is 8.31. The number of rotatable bonds is 7. The Morgan fingerprint density at radius 1 is 1.03 bits per heavy atom. The molecule has 1 aromatic heterocycles. The van der Waals surface area contributed by atoms with Crippen LogP contribution in [0.1, 0.15) is 37.7 Å². The van der Waals surface area contributed by atoms with Crippen LogP contribution in [0.3, 0.4) is 0 Å². The first kappa shape index (κ1) is 20.7. The van der Waals surface area contributed by atoms with Gasteiger partial charge in [-0.05, 0) is 77.3 Å². The van der Waals surface area contributed by atoms with Crippen LogP contribution in [0.25, 0.3) is 11.4 Å². The van der Waals surface area contributed by atoms with Crippen LogP contribution in [0.15, 0.2) is 30.5 Å². The molecule has 31 heavy (non-hydrogen) atoms. The van der Waals surface area contributed by atoms with E-state index in [-0.39, 0.29) is 0 Å². The summed E-state index contributed by atoms with van der Waals surface area (Å²) in [5.41, 5.74) is 2.32. The minimum absolute atomic E-state index is 0.304. The van der Waals surface area contributed by atoms with Gasteiger partial charge in [0.05, 0.1) is 0 Å². The third-order valence-corrected chi connectivity index (χ3v) is 6.95. The zero-order valence-corrected chi connectivity index (χ0v) is 18.8. The van der Waals surface area contributed by atoms with E-state index >= 15 is 0 Å². The fraction of sp³-hybridized carbons (Fsp3) is 0.600. The number of piperidine rings is 1. The van der Waals surface area contributed by atoms with E-state index in [0.29, 0.717) is 6.10 Å². The molecule has 3 aliphatic heterocycles. The first-order chi connectivity index (χ1) is 15.2. The van der Waals surface area contributed by atoms with Gasteiger partial charge in [-0.15, -0.1) is 0 Å². The van der Waals surface area contributed by atoms with Crippen LogP contribution < -0.4 is 9.64 Å². The molecule has 2 saturated heterocycles. The Morgan fingerprint density at radius 2 is 1.87 bits per heavy atom. The molecule has 0 radical (unpaired) electrons. The predicted octanol–water partition coefficient (Wildman–Crippen LogP) is 3.47. The van der Waals surface area contributed by atoms with Gasteiger partial charge in [-0.25, -0.2) is 9.97 Å². The van der Waals surface area contributed by atoms with Gasteiger partial charge < -0.3 is 19.4 Å². The van der Waals surface area contributed by atoms with Gasteiger partial charge in [0.25, 0.3) is 0 Å². The minimum Gasteiger partial charge on any atom is -0.490 e. The summed E-state index contributed by atoms with van der Waals surface area (Å²) in [5, 5.41) is 0. The highest BCUT2D eigenvalue weighted by Gasteiger charge is 2.23. The Hall–Kier alpha value is -2.18.